The number of amides is 1. The SMILES string of the molecule is CCC(C)NC(=O)Cc1ccc(Oc2nc(Cc3cccc(OC)c3)ns2)cc1. The lowest BCUT2D eigenvalue weighted by Crippen LogP contribution is -2.33. The second-order valence-electron chi connectivity index (χ2n) is 6.80. The molecule has 2 aromatic carbocycles. The number of carbonyl (C=O) groups is 1. The maximum Gasteiger partial charge on any atom is 0.298 e. The molecule has 29 heavy (non-hydrogen) atoms. The molecule has 1 heterocycles. The molecule has 0 radical (unpaired) electrons. The monoisotopic (exact) mass is 411 g/mol. The standard InChI is InChI=1S/C22H25N3O3S/c1-4-15(2)23-21(26)14-16-8-10-18(11-9-16)28-22-24-20(25-29-22)13-17-6-5-7-19(12-17)27-3/h5-12,15H,4,13-14H2,1-3H3,(H,23,26). The van der Waals surface area contributed by atoms with E-state index in [1.54, 1.807) is 7.11 Å². The van der Waals surface area contributed by atoms with Crippen molar-refractivity contribution in [2.24, 2.45) is 0 Å². The summed E-state index contributed by atoms with van der Waals surface area (Å²) in [5.74, 6) is 2.21. The summed E-state index contributed by atoms with van der Waals surface area (Å²) >= 11 is 1.22. The molecular weight excluding hydrogens is 386 g/mol. The van der Waals surface area contributed by atoms with Crippen LogP contribution in [0.25, 0.3) is 0 Å². The number of aromatic nitrogens is 2. The first-order valence-electron chi connectivity index (χ1n) is 9.57. The number of ether oxygens (including phenoxy) is 2. The number of rotatable bonds is 9. The van der Waals surface area contributed by atoms with E-state index in [0.717, 1.165) is 23.3 Å². The maximum absolute atomic E-state index is 12.0. The molecule has 1 amide bonds. The molecule has 0 bridgehead atoms. The third kappa shape index (κ3) is 6.29. The van der Waals surface area contributed by atoms with Crippen molar-refractivity contribution >= 4 is 17.4 Å². The van der Waals surface area contributed by atoms with Gasteiger partial charge < -0.3 is 14.8 Å². The van der Waals surface area contributed by atoms with Crippen LogP contribution in [0, 0.1) is 0 Å². The molecule has 0 fully saturated rings. The molecule has 0 spiro atoms. The van der Waals surface area contributed by atoms with E-state index in [9.17, 15) is 4.79 Å². The fourth-order valence-corrected chi connectivity index (χ4v) is 3.27. The Morgan fingerprint density at radius 3 is 2.66 bits per heavy atom. The van der Waals surface area contributed by atoms with Gasteiger partial charge in [0.2, 0.25) is 5.91 Å². The zero-order valence-electron chi connectivity index (χ0n) is 16.8. The van der Waals surface area contributed by atoms with Crippen LogP contribution < -0.4 is 14.8 Å². The Hall–Kier alpha value is -2.93. The topological polar surface area (TPSA) is 73.3 Å². The minimum atomic E-state index is 0.0272. The van der Waals surface area contributed by atoms with Crippen molar-refractivity contribution in [2.75, 3.05) is 7.11 Å². The van der Waals surface area contributed by atoms with Crippen molar-refractivity contribution in [3.63, 3.8) is 0 Å². The van der Waals surface area contributed by atoms with Gasteiger partial charge in [0.1, 0.15) is 11.5 Å². The van der Waals surface area contributed by atoms with Crippen LogP contribution >= 0.6 is 11.5 Å². The van der Waals surface area contributed by atoms with Crippen molar-refractivity contribution in [2.45, 2.75) is 39.2 Å². The first-order valence-corrected chi connectivity index (χ1v) is 10.3. The molecule has 152 valence electrons. The van der Waals surface area contributed by atoms with E-state index in [0.29, 0.717) is 29.6 Å². The Labute approximate surface area is 175 Å². The molecule has 0 saturated heterocycles. The fourth-order valence-electron chi connectivity index (χ4n) is 2.71. The molecule has 7 heteroatoms. The van der Waals surface area contributed by atoms with Gasteiger partial charge in [-0.3, -0.25) is 4.79 Å². The number of methoxy groups -OCH3 is 1. The predicted molar refractivity (Wildman–Crippen MR) is 114 cm³/mol. The highest BCUT2D eigenvalue weighted by molar-refractivity contribution is 7.07. The Morgan fingerprint density at radius 1 is 1.14 bits per heavy atom. The van der Waals surface area contributed by atoms with Gasteiger partial charge in [-0.15, -0.1) is 0 Å². The van der Waals surface area contributed by atoms with Gasteiger partial charge in [0.15, 0.2) is 5.82 Å². The van der Waals surface area contributed by atoms with Gasteiger partial charge in [0.05, 0.1) is 13.5 Å². The highest BCUT2D eigenvalue weighted by Gasteiger charge is 2.10. The van der Waals surface area contributed by atoms with Gasteiger partial charge >= 0.3 is 0 Å². The molecule has 3 rings (SSSR count). The van der Waals surface area contributed by atoms with Crippen LogP contribution in [0.3, 0.4) is 0 Å². The number of hydrogen-bond acceptors (Lipinski definition) is 6. The van der Waals surface area contributed by atoms with Crippen molar-refractivity contribution in [3.8, 4) is 16.7 Å². The van der Waals surface area contributed by atoms with Gasteiger partial charge in [-0.2, -0.15) is 9.36 Å². The molecule has 0 aliphatic carbocycles. The van der Waals surface area contributed by atoms with Crippen molar-refractivity contribution in [1.82, 2.24) is 14.7 Å². The number of carbonyl (C=O) groups excluding carboxylic acids is 1. The Bertz CT molecular complexity index is 940. The first-order chi connectivity index (χ1) is 14.1. The Kier molecular flexibility index (Phi) is 7.19. The third-order valence-electron chi connectivity index (χ3n) is 4.46. The number of hydrogen-bond donors (Lipinski definition) is 1. The normalized spacial score (nSPS) is 11.7. The molecule has 1 unspecified atom stereocenters. The molecular formula is C22H25N3O3S. The van der Waals surface area contributed by atoms with Crippen LogP contribution in [-0.2, 0) is 17.6 Å². The van der Waals surface area contributed by atoms with Crippen molar-refractivity contribution in [3.05, 3.63) is 65.5 Å². The lowest BCUT2D eigenvalue weighted by molar-refractivity contribution is -0.121. The van der Waals surface area contributed by atoms with Crippen LogP contribution in [0.4, 0.5) is 0 Å². The summed E-state index contributed by atoms with van der Waals surface area (Å²) in [6.45, 7) is 4.05. The molecule has 1 aromatic heterocycles. The van der Waals surface area contributed by atoms with Gasteiger partial charge in [-0.25, -0.2) is 0 Å². The fraction of sp³-hybridized carbons (Fsp3) is 0.318. The Balaban J connectivity index is 1.56. The van der Waals surface area contributed by atoms with E-state index >= 15 is 0 Å². The largest absolute Gasteiger partial charge is 0.497 e. The number of benzene rings is 2. The van der Waals surface area contributed by atoms with Crippen LogP contribution in [-0.4, -0.2) is 28.4 Å². The molecule has 0 aliphatic rings. The summed E-state index contributed by atoms with van der Waals surface area (Å²) in [4.78, 5) is 16.4. The quantitative estimate of drug-likeness (QED) is 0.565. The minimum absolute atomic E-state index is 0.0272. The molecule has 0 saturated carbocycles. The molecule has 0 aliphatic heterocycles. The van der Waals surface area contributed by atoms with Gasteiger partial charge in [-0.05, 0) is 48.7 Å². The summed E-state index contributed by atoms with van der Waals surface area (Å²) in [6.07, 6.45) is 1.88. The summed E-state index contributed by atoms with van der Waals surface area (Å²) in [5.41, 5.74) is 2.02. The number of nitrogens with one attached hydrogen (secondary N) is 1. The molecule has 3 aromatic rings. The summed E-state index contributed by atoms with van der Waals surface area (Å²) in [5, 5.41) is 3.46. The van der Waals surface area contributed by atoms with Gasteiger partial charge in [0.25, 0.3) is 5.19 Å². The van der Waals surface area contributed by atoms with E-state index < -0.39 is 0 Å². The minimum Gasteiger partial charge on any atom is -0.497 e. The van der Waals surface area contributed by atoms with Crippen molar-refractivity contribution < 1.29 is 14.3 Å². The van der Waals surface area contributed by atoms with Crippen LogP contribution in [0.5, 0.6) is 16.7 Å². The van der Waals surface area contributed by atoms with E-state index in [-0.39, 0.29) is 11.9 Å². The highest BCUT2D eigenvalue weighted by atomic mass is 32.1. The third-order valence-corrected chi connectivity index (χ3v) is 5.09. The second kappa shape index (κ2) is 10.0. The van der Waals surface area contributed by atoms with Gasteiger partial charge in [0, 0.05) is 24.0 Å². The van der Waals surface area contributed by atoms with Crippen LogP contribution in [0.15, 0.2) is 48.5 Å². The average molecular weight is 412 g/mol. The van der Waals surface area contributed by atoms with E-state index in [2.05, 4.69) is 14.7 Å². The average Bonchev–Trinajstić information content (AvgIpc) is 3.16. The lowest BCUT2D eigenvalue weighted by atomic mass is 10.1. The smallest absolute Gasteiger partial charge is 0.298 e. The van der Waals surface area contributed by atoms with Crippen LogP contribution in [0.2, 0.25) is 0 Å². The summed E-state index contributed by atoms with van der Waals surface area (Å²) in [7, 11) is 1.65. The first kappa shape index (κ1) is 20.8. The number of nitrogens with zero attached hydrogens (tertiary/aromatic N) is 2. The molecule has 6 nitrogen and oxygen atoms in total. The van der Waals surface area contributed by atoms with Crippen LogP contribution in [0.1, 0.15) is 37.2 Å². The van der Waals surface area contributed by atoms with E-state index in [1.807, 2.05) is 62.4 Å². The lowest BCUT2D eigenvalue weighted by Gasteiger charge is -2.11. The Morgan fingerprint density at radius 2 is 1.93 bits per heavy atom. The van der Waals surface area contributed by atoms with Crippen molar-refractivity contribution in [1.29, 1.82) is 0 Å². The molecule has 1 N–H and O–H groups in total. The zero-order chi connectivity index (χ0) is 20.6. The molecule has 1 atom stereocenters. The van der Waals surface area contributed by atoms with E-state index in [1.165, 1.54) is 11.5 Å². The summed E-state index contributed by atoms with van der Waals surface area (Å²) in [6, 6.07) is 15.5. The summed E-state index contributed by atoms with van der Waals surface area (Å²) < 4.78 is 15.4. The highest BCUT2D eigenvalue weighted by Crippen LogP contribution is 2.25. The maximum atomic E-state index is 12.0. The van der Waals surface area contributed by atoms with Gasteiger partial charge in [-0.1, -0.05) is 31.2 Å². The zero-order valence-corrected chi connectivity index (χ0v) is 17.7. The predicted octanol–water partition coefficient (Wildman–Crippen LogP) is 4.39. The van der Waals surface area contributed by atoms with E-state index in [4.69, 9.17) is 9.47 Å². The second-order valence-corrected chi connectivity index (χ2v) is 7.52.